The number of aliphatic hydroxyl groups is 1. The molecule has 0 aliphatic heterocycles. The van der Waals surface area contributed by atoms with Crippen LogP contribution in [0.5, 0.6) is 11.5 Å². The lowest BCUT2D eigenvalue weighted by molar-refractivity contribution is 0.196. The molecule has 1 aromatic heterocycles. The van der Waals surface area contributed by atoms with Gasteiger partial charge in [0, 0.05) is 5.56 Å². The van der Waals surface area contributed by atoms with Gasteiger partial charge in [0.05, 0.1) is 24.6 Å². The van der Waals surface area contributed by atoms with Crippen LogP contribution in [0.3, 0.4) is 0 Å². The zero-order valence-corrected chi connectivity index (χ0v) is 14.4. The van der Waals surface area contributed by atoms with E-state index in [4.69, 9.17) is 14.6 Å². The van der Waals surface area contributed by atoms with Crippen molar-refractivity contribution in [2.24, 2.45) is 0 Å². The third-order valence-electron chi connectivity index (χ3n) is 3.94. The molecular weight excluding hydrogens is 320 g/mol. The predicted octanol–water partition coefficient (Wildman–Crippen LogP) is 2.59. The predicted molar refractivity (Wildman–Crippen MR) is 96.4 cm³/mol. The Balaban J connectivity index is 2.11. The first kappa shape index (κ1) is 17.0. The molecule has 3 aromatic rings. The van der Waals surface area contributed by atoms with E-state index < -0.39 is 0 Å². The fraction of sp³-hybridized carbons (Fsp3) is 0.263. The van der Waals surface area contributed by atoms with Gasteiger partial charge in [-0.05, 0) is 49.2 Å². The quantitative estimate of drug-likeness (QED) is 0.746. The van der Waals surface area contributed by atoms with Gasteiger partial charge in [-0.1, -0.05) is 6.07 Å². The molecule has 0 saturated heterocycles. The number of aromatic nitrogens is 2. The molecule has 6 heteroatoms. The van der Waals surface area contributed by atoms with Crippen molar-refractivity contribution in [3.05, 3.63) is 51.8 Å². The zero-order chi connectivity index (χ0) is 18.0. The van der Waals surface area contributed by atoms with E-state index in [9.17, 15) is 4.79 Å². The van der Waals surface area contributed by atoms with Gasteiger partial charge in [0.1, 0.15) is 12.4 Å². The van der Waals surface area contributed by atoms with E-state index in [2.05, 4.69) is 9.97 Å². The van der Waals surface area contributed by atoms with E-state index in [1.807, 2.05) is 26.0 Å². The molecule has 3 rings (SSSR count). The van der Waals surface area contributed by atoms with Crippen LogP contribution in [0, 0.1) is 13.8 Å². The lowest BCUT2D eigenvalue weighted by atomic mass is 10.1. The van der Waals surface area contributed by atoms with Gasteiger partial charge in [-0.15, -0.1) is 0 Å². The number of hydrogen-bond acceptors (Lipinski definition) is 5. The number of methoxy groups -OCH3 is 1. The second kappa shape index (κ2) is 6.94. The Labute approximate surface area is 145 Å². The summed E-state index contributed by atoms with van der Waals surface area (Å²) >= 11 is 0. The second-order valence-corrected chi connectivity index (χ2v) is 5.83. The summed E-state index contributed by atoms with van der Waals surface area (Å²) in [5.74, 6) is 1.50. The molecule has 0 amide bonds. The Bertz CT molecular complexity index is 979. The van der Waals surface area contributed by atoms with Crippen LogP contribution in [0.1, 0.15) is 11.1 Å². The minimum Gasteiger partial charge on any atom is -0.493 e. The Morgan fingerprint density at radius 1 is 1.16 bits per heavy atom. The van der Waals surface area contributed by atoms with Crippen LogP contribution in [0.2, 0.25) is 0 Å². The van der Waals surface area contributed by atoms with Gasteiger partial charge in [-0.25, -0.2) is 4.98 Å². The number of fused-ring (bicyclic) bond motifs is 1. The van der Waals surface area contributed by atoms with Gasteiger partial charge < -0.3 is 19.6 Å². The first-order valence-electron chi connectivity index (χ1n) is 7.97. The minimum atomic E-state index is -0.169. The Kier molecular flexibility index (Phi) is 4.72. The Morgan fingerprint density at radius 3 is 2.68 bits per heavy atom. The normalized spacial score (nSPS) is 10.9. The lowest BCUT2D eigenvalue weighted by Gasteiger charge is -2.12. The Hall–Kier alpha value is -2.86. The van der Waals surface area contributed by atoms with Gasteiger partial charge in [0.25, 0.3) is 5.56 Å². The average Bonchev–Trinajstić information content (AvgIpc) is 2.58. The highest BCUT2D eigenvalue weighted by Gasteiger charge is 2.12. The fourth-order valence-corrected chi connectivity index (χ4v) is 2.87. The number of aryl methyl sites for hydroxylation is 2. The van der Waals surface area contributed by atoms with Crippen molar-refractivity contribution < 1.29 is 14.6 Å². The maximum atomic E-state index is 12.5. The van der Waals surface area contributed by atoms with Gasteiger partial charge in [0.15, 0.2) is 11.5 Å². The summed E-state index contributed by atoms with van der Waals surface area (Å²) in [6.07, 6.45) is 0. The Morgan fingerprint density at radius 2 is 1.96 bits per heavy atom. The van der Waals surface area contributed by atoms with Crippen molar-refractivity contribution >= 4 is 10.9 Å². The van der Waals surface area contributed by atoms with Gasteiger partial charge >= 0.3 is 0 Å². The number of H-pyrrole nitrogens is 1. The molecule has 0 atom stereocenters. The van der Waals surface area contributed by atoms with Crippen molar-refractivity contribution in [1.29, 1.82) is 0 Å². The number of nitrogens with one attached hydrogen (secondary N) is 1. The van der Waals surface area contributed by atoms with Crippen molar-refractivity contribution in [3.63, 3.8) is 0 Å². The standard InChI is InChI=1S/C19H20N2O4/c1-11-8-12(2)17-14(9-11)20-18(21-19(17)23)13-4-5-15(25-7-6-22)16(10-13)24-3/h4-5,8-10,22H,6-7H2,1-3H3,(H,20,21,23). The van der Waals surface area contributed by atoms with Crippen LogP contribution in [-0.4, -0.2) is 35.4 Å². The van der Waals surface area contributed by atoms with E-state index >= 15 is 0 Å². The van der Waals surface area contributed by atoms with Crippen molar-refractivity contribution in [2.45, 2.75) is 13.8 Å². The number of aromatic amines is 1. The van der Waals surface area contributed by atoms with Gasteiger partial charge in [0.2, 0.25) is 0 Å². The average molecular weight is 340 g/mol. The highest BCUT2D eigenvalue weighted by atomic mass is 16.5. The molecule has 25 heavy (non-hydrogen) atoms. The van der Waals surface area contributed by atoms with Gasteiger partial charge in [-0.3, -0.25) is 4.79 Å². The molecule has 0 aliphatic rings. The summed E-state index contributed by atoms with van der Waals surface area (Å²) in [5.41, 5.74) is 3.17. The van der Waals surface area contributed by atoms with Crippen molar-refractivity contribution in [2.75, 3.05) is 20.3 Å². The number of nitrogens with zero attached hydrogens (tertiary/aromatic N) is 1. The molecule has 1 heterocycles. The summed E-state index contributed by atoms with van der Waals surface area (Å²) in [6.45, 7) is 3.98. The van der Waals surface area contributed by atoms with Crippen molar-refractivity contribution in [3.8, 4) is 22.9 Å². The molecule has 0 saturated carbocycles. The fourth-order valence-electron chi connectivity index (χ4n) is 2.87. The first-order chi connectivity index (χ1) is 12.0. The number of benzene rings is 2. The van der Waals surface area contributed by atoms with E-state index in [0.717, 1.165) is 11.1 Å². The highest BCUT2D eigenvalue weighted by Crippen LogP contribution is 2.31. The van der Waals surface area contributed by atoms with E-state index in [1.54, 1.807) is 18.2 Å². The molecule has 0 bridgehead atoms. The molecule has 0 radical (unpaired) electrons. The van der Waals surface area contributed by atoms with Crippen molar-refractivity contribution in [1.82, 2.24) is 9.97 Å². The van der Waals surface area contributed by atoms with Crippen LogP contribution in [0.25, 0.3) is 22.3 Å². The van der Waals surface area contributed by atoms with E-state index in [1.165, 1.54) is 7.11 Å². The lowest BCUT2D eigenvalue weighted by Crippen LogP contribution is -2.11. The van der Waals surface area contributed by atoms with Gasteiger partial charge in [-0.2, -0.15) is 0 Å². The minimum absolute atomic E-state index is 0.0802. The third-order valence-corrected chi connectivity index (χ3v) is 3.94. The smallest absolute Gasteiger partial charge is 0.259 e. The summed E-state index contributed by atoms with van der Waals surface area (Å²) < 4.78 is 10.8. The van der Waals surface area contributed by atoms with Crippen LogP contribution < -0.4 is 15.0 Å². The number of aliphatic hydroxyl groups excluding tert-OH is 1. The maximum Gasteiger partial charge on any atom is 0.259 e. The zero-order valence-electron chi connectivity index (χ0n) is 14.4. The molecular formula is C19H20N2O4. The first-order valence-corrected chi connectivity index (χ1v) is 7.97. The van der Waals surface area contributed by atoms with E-state index in [-0.39, 0.29) is 18.8 Å². The van der Waals surface area contributed by atoms with Crippen LogP contribution in [-0.2, 0) is 0 Å². The summed E-state index contributed by atoms with van der Waals surface area (Å²) in [5, 5.41) is 9.49. The highest BCUT2D eigenvalue weighted by molar-refractivity contribution is 5.83. The SMILES string of the molecule is COc1cc(-c2nc3cc(C)cc(C)c3c(=O)[nH]2)ccc1OCCO. The van der Waals surface area contributed by atoms with E-state index in [0.29, 0.717) is 33.8 Å². The number of rotatable bonds is 5. The third kappa shape index (κ3) is 3.34. The summed E-state index contributed by atoms with van der Waals surface area (Å²) in [4.78, 5) is 19.9. The number of ether oxygens (including phenoxy) is 2. The molecule has 130 valence electrons. The van der Waals surface area contributed by atoms with Crippen LogP contribution in [0.15, 0.2) is 35.1 Å². The molecule has 0 spiro atoms. The largest absolute Gasteiger partial charge is 0.493 e. The molecule has 6 nitrogen and oxygen atoms in total. The molecule has 0 fully saturated rings. The van der Waals surface area contributed by atoms with Crippen LogP contribution in [0.4, 0.5) is 0 Å². The molecule has 2 N–H and O–H groups in total. The summed E-state index contributed by atoms with van der Waals surface area (Å²) in [6, 6.07) is 9.14. The van der Waals surface area contributed by atoms with Crippen LogP contribution >= 0.6 is 0 Å². The second-order valence-electron chi connectivity index (χ2n) is 5.83. The topological polar surface area (TPSA) is 84.4 Å². The number of hydrogen-bond donors (Lipinski definition) is 2. The molecule has 0 unspecified atom stereocenters. The summed E-state index contributed by atoms with van der Waals surface area (Å²) in [7, 11) is 1.54. The maximum absolute atomic E-state index is 12.5. The monoisotopic (exact) mass is 340 g/mol. The molecule has 0 aliphatic carbocycles. The molecule has 2 aromatic carbocycles.